The smallest absolute Gasteiger partial charge is 0.264 e. The van der Waals surface area contributed by atoms with Gasteiger partial charge in [-0.25, -0.2) is 16.8 Å². The van der Waals surface area contributed by atoms with E-state index < -0.39 is 32.5 Å². The third kappa shape index (κ3) is 5.45. The fraction of sp³-hybridized carbons (Fsp3) is 0.269. The maximum atomic E-state index is 13.5. The van der Waals surface area contributed by atoms with Crippen LogP contribution in [0.2, 0.25) is 0 Å². The molecule has 0 saturated carbocycles. The lowest BCUT2D eigenvalue weighted by Gasteiger charge is -2.25. The minimum atomic E-state index is -4.03. The summed E-state index contributed by atoms with van der Waals surface area (Å²) in [6.07, 6.45) is 1.69. The molecule has 8 nitrogen and oxygen atoms in total. The molecule has 0 unspecified atom stereocenters. The monoisotopic (exact) mass is 527 g/mol. The Balaban J connectivity index is 1.56. The van der Waals surface area contributed by atoms with Crippen LogP contribution in [0, 0.1) is 13.8 Å². The van der Waals surface area contributed by atoms with Crippen molar-refractivity contribution in [3.8, 4) is 0 Å². The van der Waals surface area contributed by atoms with E-state index >= 15 is 0 Å². The Morgan fingerprint density at radius 1 is 0.833 bits per heavy atom. The van der Waals surface area contributed by atoms with Gasteiger partial charge in [0, 0.05) is 18.8 Å². The van der Waals surface area contributed by atoms with Crippen molar-refractivity contribution < 1.29 is 21.6 Å². The van der Waals surface area contributed by atoms with Gasteiger partial charge in [0.25, 0.3) is 10.0 Å². The minimum absolute atomic E-state index is 0.0839. The summed E-state index contributed by atoms with van der Waals surface area (Å²) in [4.78, 5) is 13.2. The predicted octanol–water partition coefficient (Wildman–Crippen LogP) is 3.92. The third-order valence-electron chi connectivity index (χ3n) is 6.12. The van der Waals surface area contributed by atoms with Crippen LogP contribution in [-0.2, 0) is 24.8 Å². The van der Waals surface area contributed by atoms with Crippen LogP contribution in [0.15, 0.2) is 82.6 Å². The number of rotatable bonds is 8. The van der Waals surface area contributed by atoms with E-state index in [4.69, 9.17) is 0 Å². The fourth-order valence-electron chi connectivity index (χ4n) is 4.10. The van der Waals surface area contributed by atoms with Crippen molar-refractivity contribution in [1.82, 2.24) is 4.31 Å². The maximum absolute atomic E-state index is 13.5. The first-order chi connectivity index (χ1) is 17.1. The number of sulfonamides is 2. The molecular formula is C26H29N3O5S2. The van der Waals surface area contributed by atoms with Gasteiger partial charge in [0.2, 0.25) is 15.9 Å². The molecule has 4 rings (SSSR count). The highest BCUT2D eigenvalue weighted by Gasteiger charge is 2.29. The lowest BCUT2D eigenvalue weighted by molar-refractivity contribution is -0.114. The Morgan fingerprint density at radius 2 is 1.42 bits per heavy atom. The van der Waals surface area contributed by atoms with Gasteiger partial charge in [-0.2, -0.15) is 4.31 Å². The van der Waals surface area contributed by atoms with E-state index in [1.165, 1.54) is 40.7 Å². The number of nitrogens with zero attached hydrogens (tertiary/aromatic N) is 2. The van der Waals surface area contributed by atoms with Crippen LogP contribution in [0.1, 0.15) is 24.0 Å². The van der Waals surface area contributed by atoms with E-state index in [9.17, 15) is 21.6 Å². The molecule has 3 aromatic rings. The Bertz CT molecular complexity index is 1450. The zero-order valence-electron chi connectivity index (χ0n) is 20.2. The highest BCUT2D eigenvalue weighted by Crippen LogP contribution is 2.27. The predicted molar refractivity (Wildman–Crippen MR) is 140 cm³/mol. The van der Waals surface area contributed by atoms with E-state index in [1.54, 1.807) is 43.3 Å². The summed E-state index contributed by atoms with van der Waals surface area (Å²) in [6, 6.07) is 19.3. The van der Waals surface area contributed by atoms with Gasteiger partial charge in [-0.05, 0) is 74.7 Å². The molecule has 1 heterocycles. The Kier molecular flexibility index (Phi) is 7.49. The number of para-hydroxylation sites is 1. The summed E-state index contributed by atoms with van der Waals surface area (Å²) in [6.45, 7) is 4.21. The maximum Gasteiger partial charge on any atom is 0.264 e. The van der Waals surface area contributed by atoms with Gasteiger partial charge in [-0.3, -0.25) is 9.10 Å². The second-order valence-electron chi connectivity index (χ2n) is 8.79. The van der Waals surface area contributed by atoms with Gasteiger partial charge >= 0.3 is 0 Å². The van der Waals surface area contributed by atoms with Gasteiger partial charge in [-0.15, -0.1) is 0 Å². The molecule has 1 fully saturated rings. The molecular weight excluding hydrogens is 498 g/mol. The summed E-state index contributed by atoms with van der Waals surface area (Å²) in [5.74, 6) is -0.552. The van der Waals surface area contributed by atoms with E-state index in [2.05, 4.69) is 5.32 Å². The summed E-state index contributed by atoms with van der Waals surface area (Å²) < 4.78 is 55.1. The van der Waals surface area contributed by atoms with E-state index in [1.807, 2.05) is 6.92 Å². The van der Waals surface area contributed by atoms with Crippen LogP contribution in [0.25, 0.3) is 0 Å². The number of carbonyl (C=O) groups is 1. The third-order valence-corrected chi connectivity index (χ3v) is 9.81. The zero-order valence-corrected chi connectivity index (χ0v) is 21.8. The van der Waals surface area contributed by atoms with E-state index in [-0.39, 0.29) is 9.79 Å². The van der Waals surface area contributed by atoms with Gasteiger partial charge in [-0.1, -0.05) is 35.9 Å². The lowest BCUT2D eigenvalue weighted by atomic mass is 10.2. The molecule has 1 saturated heterocycles. The summed E-state index contributed by atoms with van der Waals surface area (Å²) >= 11 is 0. The average Bonchev–Trinajstić information content (AvgIpc) is 3.40. The SMILES string of the molecule is Cc1ccc(S(=O)(=O)N(CC(=O)Nc2ccc(S(=O)(=O)N3CCCC3)cc2)c2ccccc2C)cc1. The number of anilines is 2. The van der Waals surface area contributed by atoms with Gasteiger partial charge in [0.1, 0.15) is 6.54 Å². The second-order valence-corrected chi connectivity index (χ2v) is 12.6. The van der Waals surface area contributed by atoms with E-state index in [0.29, 0.717) is 30.0 Å². The molecule has 1 aliphatic heterocycles. The average molecular weight is 528 g/mol. The standard InChI is InChI=1S/C26H29N3O5S2/c1-20-9-13-24(14-10-20)36(33,34)29(25-8-4-3-7-21(25)2)19-26(30)27-22-11-15-23(16-12-22)35(31,32)28-17-5-6-18-28/h3-4,7-16H,5-6,17-19H2,1-2H3,(H,27,30). The normalized spacial score (nSPS) is 14.5. The molecule has 1 aliphatic rings. The summed E-state index contributed by atoms with van der Waals surface area (Å²) in [5.41, 5.74) is 2.40. The van der Waals surface area contributed by atoms with Crippen molar-refractivity contribution in [3.05, 3.63) is 83.9 Å². The number of nitrogens with one attached hydrogen (secondary N) is 1. The number of carbonyl (C=O) groups excluding carboxylic acids is 1. The highest BCUT2D eigenvalue weighted by molar-refractivity contribution is 7.92. The highest BCUT2D eigenvalue weighted by atomic mass is 32.2. The van der Waals surface area contributed by atoms with Crippen LogP contribution >= 0.6 is 0 Å². The fourth-order valence-corrected chi connectivity index (χ4v) is 7.10. The van der Waals surface area contributed by atoms with Gasteiger partial charge in [0.05, 0.1) is 15.5 Å². The van der Waals surface area contributed by atoms with Gasteiger partial charge < -0.3 is 5.32 Å². The Labute approximate surface area is 212 Å². The van der Waals surface area contributed by atoms with Crippen molar-refractivity contribution in [1.29, 1.82) is 0 Å². The first-order valence-corrected chi connectivity index (χ1v) is 14.5. The minimum Gasteiger partial charge on any atom is -0.325 e. The molecule has 1 N–H and O–H groups in total. The van der Waals surface area contributed by atoms with Gasteiger partial charge in [0.15, 0.2) is 0 Å². The molecule has 10 heteroatoms. The number of aryl methyl sites for hydroxylation is 2. The Morgan fingerprint density at radius 3 is 2.03 bits per heavy atom. The van der Waals surface area contributed by atoms with Crippen LogP contribution in [0.5, 0.6) is 0 Å². The number of amides is 1. The molecule has 0 bridgehead atoms. The molecule has 0 aromatic heterocycles. The number of hydrogen-bond donors (Lipinski definition) is 1. The molecule has 1 amide bonds. The molecule has 0 aliphatic carbocycles. The zero-order chi connectivity index (χ0) is 25.9. The molecule has 190 valence electrons. The first kappa shape index (κ1) is 25.9. The van der Waals surface area contributed by atoms with Crippen molar-refractivity contribution in [2.45, 2.75) is 36.5 Å². The molecule has 36 heavy (non-hydrogen) atoms. The van der Waals surface area contributed by atoms with Crippen molar-refractivity contribution in [2.24, 2.45) is 0 Å². The quantitative estimate of drug-likeness (QED) is 0.478. The summed E-state index contributed by atoms with van der Waals surface area (Å²) in [7, 11) is -7.59. The topological polar surface area (TPSA) is 104 Å². The van der Waals surface area contributed by atoms with Crippen LogP contribution in [0.4, 0.5) is 11.4 Å². The number of hydrogen-bond acceptors (Lipinski definition) is 5. The summed E-state index contributed by atoms with van der Waals surface area (Å²) in [5, 5.41) is 2.69. The number of benzene rings is 3. The lowest BCUT2D eigenvalue weighted by Crippen LogP contribution is -2.38. The molecule has 3 aromatic carbocycles. The molecule has 0 atom stereocenters. The van der Waals surface area contributed by atoms with Crippen molar-refractivity contribution in [2.75, 3.05) is 29.3 Å². The second kappa shape index (κ2) is 10.4. The van der Waals surface area contributed by atoms with Crippen molar-refractivity contribution >= 4 is 37.3 Å². The Hall–Kier alpha value is -3.21. The van der Waals surface area contributed by atoms with E-state index in [0.717, 1.165) is 22.7 Å². The molecule has 0 radical (unpaired) electrons. The van der Waals surface area contributed by atoms with Crippen LogP contribution in [0.3, 0.4) is 0 Å². The molecule has 0 spiro atoms. The van der Waals surface area contributed by atoms with Crippen LogP contribution in [-0.4, -0.2) is 46.7 Å². The van der Waals surface area contributed by atoms with Crippen LogP contribution < -0.4 is 9.62 Å². The largest absolute Gasteiger partial charge is 0.325 e. The first-order valence-electron chi connectivity index (χ1n) is 11.6. The van der Waals surface area contributed by atoms with Crippen molar-refractivity contribution in [3.63, 3.8) is 0 Å².